The number of nitrogens with zero attached hydrogens (tertiary/aromatic N) is 4. The molecule has 100 valence electrons. The fraction of sp³-hybridized carbons (Fsp3) is 0.182. The second-order valence-electron chi connectivity index (χ2n) is 3.48. The van der Waals surface area contributed by atoms with E-state index in [0.717, 1.165) is 5.69 Å². The molecule has 0 aliphatic carbocycles. The van der Waals surface area contributed by atoms with E-state index in [4.69, 9.17) is 19.4 Å². The number of rotatable bonds is 2. The van der Waals surface area contributed by atoms with Gasteiger partial charge < -0.3 is 15.9 Å². The van der Waals surface area contributed by atoms with Crippen molar-refractivity contribution < 1.29 is 40.2 Å². The van der Waals surface area contributed by atoms with Gasteiger partial charge in [-0.2, -0.15) is 0 Å². The van der Waals surface area contributed by atoms with Crippen LogP contribution in [0.25, 0.3) is 0 Å². The minimum absolute atomic E-state index is 0. The number of halogens is 2. The Morgan fingerprint density at radius 1 is 1.50 bits per heavy atom. The Labute approximate surface area is 147 Å². The molecule has 2 aromatic heterocycles. The van der Waals surface area contributed by atoms with E-state index < -0.39 is 15.1 Å². The summed E-state index contributed by atoms with van der Waals surface area (Å²) in [6.07, 6.45) is 7.46. The number of carbonyl (C=O) groups excluding carboxylic acids is 1. The summed E-state index contributed by atoms with van der Waals surface area (Å²) in [5, 5.41) is 0. The second-order valence-corrected chi connectivity index (χ2v) is 8.10. The van der Waals surface area contributed by atoms with Crippen molar-refractivity contribution in [3.8, 4) is 0 Å². The van der Waals surface area contributed by atoms with Crippen molar-refractivity contribution in [2.45, 2.75) is 0 Å². The number of imidazole rings is 1. The van der Waals surface area contributed by atoms with Gasteiger partial charge >= 0.3 is 53.4 Å². The summed E-state index contributed by atoms with van der Waals surface area (Å²) in [5.74, 6) is -0.135. The molecule has 0 aliphatic heterocycles. The Balaban J connectivity index is 0. The molecule has 9 heteroatoms. The monoisotopic (exact) mass is 357 g/mol. The molecule has 0 saturated heterocycles. The van der Waals surface area contributed by atoms with Crippen LogP contribution in [-0.2, 0) is 22.2 Å². The Kier molecular flexibility index (Phi) is 10.2. The predicted octanol–water partition coefficient (Wildman–Crippen LogP) is -0.615. The van der Waals surface area contributed by atoms with Crippen LogP contribution in [0.1, 0.15) is 11.9 Å². The first-order valence-electron chi connectivity index (χ1n) is 5.31. The fourth-order valence-electron chi connectivity index (χ4n) is 1.36. The van der Waals surface area contributed by atoms with E-state index in [1.807, 2.05) is 6.07 Å². The number of amides is 1. The van der Waals surface area contributed by atoms with Crippen molar-refractivity contribution in [3.63, 3.8) is 0 Å². The van der Waals surface area contributed by atoms with Gasteiger partial charge in [0.25, 0.3) is 0 Å². The smallest absolute Gasteiger partial charge is 1.00 e. The second kappa shape index (κ2) is 10.4. The van der Waals surface area contributed by atoms with E-state index in [1.165, 1.54) is 11.1 Å². The number of aryl methyl sites for hydroxylation is 1. The molecule has 2 heterocycles. The third kappa shape index (κ3) is 5.55. The maximum atomic E-state index is 12.0. The molecule has 0 fully saturated rings. The van der Waals surface area contributed by atoms with E-state index in [1.54, 1.807) is 37.1 Å². The minimum Gasteiger partial charge on any atom is -1.00 e. The standard InChI is InChI=1S/C11H11N4O.2ClH.Li.Zn.H/c1-14-8-13-7-10(14)11(16)15(2)9-4-3-5-12-6-9;;;;;/h3-7H,1-2H3;2*1H;;;/q-1;;;+1;+2;-1/p-2. The van der Waals surface area contributed by atoms with Crippen molar-refractivity contribution in [1.82, 2.24) is 14.5 Å². The predicted molar refractivity (Wildman–Crippen MR) is 71.8 cm³/mol. The van der Waals surface area contributed by atoms with Gasteiger partial charge in [0.05, 0.1) is 11.9 Å². The van der Waals surface area contributed by atoms with Gasteiger partial charge in [0.15, 0.2) is 0 Å². The summed E-state index contributed by atoms with van der Waals surface area (Å²) >= 11 is -0.931. The van der Waals surface area contributed by atoms with Crippen LogP contribution in [0.15, 0.2) is 30.7 Å². The van der Waals surface area contributed by atoms with Gasteiger partial charge in [-0.1, -0.05) is 6.20 Å². The number of pyridine rings is 1. The molecule has 0 bridgehead atoms. The Bertz CT molecular complexity index is 532. The molecule has 0 spiro atoms. The number of hydrogen-bond acceptors (Lipinski definition) is 3. The van der Waals surface area contributed by atoms with Gasteiger partial charge in [0.1, 0.15) is 0 Å². The van der Waals surface area contributed by atoms with Crippen LogP contribution in [0.5, 0.6) is 0 Å². The van der Waals surface area contributed by atoms with E-state index in [2.05, 4.69) is 16.3 Å². The molecule has 0 aliphatic rings. The molecule has 0 aromatic carbocycles. The van der Waals surface area contributed by atoms with Crippen molar-refractivity contribution in [1.29, 1.82) is 0 Å². The van der Waals surface area contributed by atoms with Gasteiger partial charge in [0.2, 0.25) is 5.91 Å². The third-order valence-corrected chi connectivity index (χ3v) is 2.31. The van der Waals surface area contributed by atoms with Crippen LogP contribution in [0.3, 0.4) is 0 Å². The summed E-state index contributed by atoms with van der Waals surface area (Å²) in [6.45, 7) is 0. The first-order chi connectivity index (χ1) is 9.11. The van der Waals surface area contributed by atoms with E-state index in [9.17, 15) is 4.79 Å². The minimum atomic E-state index is -0.931. The average Bonchev–Trinajstić information content (AvgIpc) is 2.85. The molecule has 0 unspecified atom stereocenters. The molecule has 0 saturated carbocycles. The number of anilines is 1. The molecule has 1 amide bonds. The number of hydrogen-bond donors (Lipinski definition) is 0. The van der Waals surface area contributed by atoms with E-state index in [0.29, 0.717) is 5.69 Å². The number of carbonyl (C=O) groups is 1. The van der Waals surface area contributed by atoms with Crippen LogP contribution in [0, 0.1) is 6.33 Å². The van der Waals surface area contributed by atoms with Crippen molar-refractivity contribution in [3.05, 3.63) is 42.7 Å². The summed E-state index contributed by atoms with van der Waals surface area (Å²) in [6, 6.07) is 3.61. The maximum absolute atomic E-state index is 12.0. The summed E-state index contributed by atoms with van der Waals surface area (Å²) < 4.78 is 1.56. The molecular formula is C11H12Cl2LiN4OZn-. The molecule has 20 heavy (non-hydrogen) atoms. The Morgan fingerprint density at radius 2 is 2.15 bits per heavy atom. The molecular weight excluding hydrogens is 347 g/mol. The Hall–Kier alpha value is -0.369. The quantitative estimate of drug-likeness (QED) is 0.531. The molecule has 5 nitrogen and oxygen atoms in total. The molecule has 0 radical (unpaired) electrons. The first-order valence-corrected chi connectivity index (χ1v) is 13.1. The fourth-order valence-corrected chi connectivity index (χ4v) is 1.36. The molecule has 0 atom stereocenters. The van der Waals surface area contributed by atoms with E-state index in [-0.39, 0.29) is 26.2 Å². The summed E-state index contributed by atoms with van der Waals surface area (Å²) in [4.78, 5) is 21.3. The van der Waals surface area contributed by atoms with Crippen molar-refractivity contribution in [2.24, 2.45) is 7.05 Å². The largest absolute Gasteiger partial charge is 1.00 e. The van der Waals surface area contributed by atoms with Crippen molar-refractivity contribution in [2.75, 3.05) is 11.9 Å². The zero-order valence-electron chi connectivity index (χ0n) is 12.5. The van der Waals surface area contributed by atoms with Gasteiger partial charge in [-0.15, -0.1) is 0 Å². The molecule has 2 aromatic rings. The molecule has 0 N–H and O–H groups in total. The van der Waals surface area contributed by atoms with Gasteiger partial charge in [-0.05, 0) is 24.9 Å². The van der Waals surface area contributed by atoms with Crippen molar-refractivity contribution >= 4 is 31.0 Å². The maximum Gasteiger partial charge on any atom is 1.00 e. The first kappa shape index (κ1) is 19.6. The Morgan fingerprint density at radius 3 is 2.60 bits per heavy atom. The topological polar surface area (TPSA) is 51.0 Å². The molecule has 2 rings (SSSR count). The van der Waals surface area contributed by atoms with E-state index >= 15 is 0 Å². The van der Waals surface area contributed by atoms with Crippen LogP contribution >= 0.6 is 19.4 Å². The van der Waals surface area contributed by atoms with Crippen LogP contribution < -0.4 is 23.8 Å². The SMILES string of the molecule is CN(C(=O)c1cn[c-]n1C)c1cccnc1.[Cl][Zn][Cl].[H-].[Li+]. The van der Waals surface area contributed by atoms with Gasteiger partial charge in [-0.3, -0.25) is 9.78 Å². The van der Waals surface area contributed by atoms with Gasteiger partial charge in [0, 0.05) is 19.6 Å². The van der Waals surface area contributed by atoms with Crippen LogP contribution in [0.2, 0.25) is 0 Å². The summed E-state index contributed by atoms with van der Waals surface area (Å²) in [7, 11) is 13.3. The van der Waals surface area contributed by atoms with Gasteiger partial charge in [-0.25, -0.2) is 0 Å². The zero-order valence-corrected chi connectivity index (χ0v) is 16.0. The number of aromatic nitrogens is 3. The summed E-state index contributed by atoms with van der Waals surface area (Å²) in [5.41, 5.74) is 1.24. The average molecular weight is 359 g/mol. The zero-order chi connectivity index (χ0) is 14.3. The normalized spacial score (nSPS) is 8.60. The third-order valence-electron chi connectivity index (χ3n) is 2.31. The van der Waals surface area contributed by atoms with Crippen LogP contribution in [0.4, 0.5) is 5.69 Å². The van der Waals surface area contributed by atoms with Crippen LogP contribution in [-0.4, -0.2) is 27.5 Å².